The highest BCUT2D eigenvalue weighted by molar-refractivity contribution is 6.30. The molecule has 0 fully saturated rings. The average Bonchev–Trinajstić information content (AvgIpc) is 2.56. The second-order valence-corrected chi connectivity index (χ2v) is 5.80. The third-order valence-corrected chi connectivity index (χ3v) is 3.84. The Morgan fingerprint density at radius 3 is 2.12 bits per heavy atom. The maximum atomic E-state index is 13.2. The Kier molecular flexibility index (Phi) is 7.38. The van der Waals surface area contributed by atoms with Crippen LogP contribution in [0.1, 0.15) is 45.0 Å². The van der Waals surface area contributed by atoms with Gasteiger partial charge in [-0.1, -0.05) is 44.9 Å². The zero-order valence-corrected chi connectivity index (χ0v) is 15.4. The summed E-state index contributed by atoms with van der Waals surface area (Å²) in [6.07, 6.45) is -2.61. The highest BCUT2D eigenvalue weighted by Gasteiger charge is 2.56. The second kappa shape index (κ2) is 8.63. The number of hydrogen-bond acceptors (Lipinski definition) is 3. The second-order valence-electron chi connectivity index (χ2n) is 5.36. The van der Waals surface area contributed by atoms with Gasteiger partial charge in [-0.05, 0) is 36.6 Å². The fourth-order valence-electron chi connectivity index (χ4n) is 2.37. The molecule has 0 amide bonds. The van der Waals surface area contributed by atoms with Gasteiger partial charge in [0.25, 0.3) is 0 Å². The van der Waals surface area contributed by atoms with E-state index in [4.69, 9.17) is 11.6 Å². The van der Waals surface area contributed by atoms with Crippen LogP contribution in [0.15, 0.2) is 30.6 Å². The first-order valence-corrected chi connectivity index (χ1v) is 8.45. The third kappa shape index (κ3) is 4.70. The van der Waals surface area contributed by atoms with E-state index >= 15 is 0 Å². The molecule has 0 saturated carbocycles. The van der Waals surface area contributed by atoms with E-state index < -0.39 is 24.0 Å². The van der Waals surface area contributed by atoms with Crippen LogP contribution in [0, 0.1) is 6.92 Å². The van der Waals surface area contributed by atoms with Crippen LogP contribution in [-0.4, -0.2) is 21.3 Å². The van der Waals surface area contributed by atoms with Gasteiger partial charge in [-0.25, -0.2) is 9.97 Å². The zero-order chi connectivity index (χ0) is 19.3. The van der Waals surface area contributed by atoms with Crippen LogP contribution < -0.4 is 0 Å². The average molecular weight is 375 g/mol. The predicted molar refractivity (Wildman–Crippen MR) is 93.4 cm³/mol. The molecule has 1 aromatic carbocycles. The number of aliphatic hydroxyl groups is 1. The molecular weight excluding hydrogens is 353 g/mol. The number of hydrogen-bond donors (Lipinski definition) is 1. The molecule has 138 valence electrons. The summed E-state index contributed by atoms with van der Waals surface area (Å²) in [6, 6.07) is 5.17. The first-order valence-electron chi connectivity index (χ1n) is 8.07. The van der Waals surface area contributed by atoms with E-state index in [9.17, 15) is 18.3 Å². The van der Waals surface area contributed by atoms with Gasteiger partial charge in [0.15, 0.2) is 5.82 Å². The highest BCUT2D eigenvalue weighted by Crippen LogP contribution is 2.41. The van der Waals surface area contributed by atoms with Crippen molar-refractivity contribution in [2.45, 2.75) is 52.3 Å². The first kappa shape index (κ1) is 21.4. The highest BCUT2D eigenvalue weighted by atomic mass is 35.5. The molecule has 0 spiro atoms. The van der Waals surface area contributed by atoms with Gasteiger partial charge < -0.3 is 5.11 Å². The lowest BCUT2D eigenvalue weighted by Crippen LogP contribution is -2.43. The Hall–Kier alpha value is -1.66. The van der Waals surface area contributed by atoms with Crippen LogP contribution in [-0.2, 0) is 5.60 Å². The van der Waals surface area contributed by atoms with E-state index in [1.807, 2.05) is 20.8 Å². The van der Waals surface area contributed by atoms with Gasteiger partial charge in [-0.3, -0.25) is 0 Å². The molecule has 25 heavy (non-hydrogen) atoms. The minimum Gasteiger partial charge on any atom is -0.374 e. The standard InChI is InChI=1S/C16H16ClF3N2O.C2H6/c1-3-6-15(23,16(18,19)20)14-21-8-11(9-22-14)13-5-4-12(17)7-10(13)2;1-2/h4-5,7-9,23H,3,6H2,1-2H3;1-2H3. The summed E-state index contributed by atoms with van der Waals surface area (Å²) in [7, 11) is 0. The normalized spacial score (nSPS) is 13.6. The summed E-state index contributed by atoms with van der Waals surface area (Å²) in [5.74, 6) is -0.637. The monoisotopic (exact) mass is 374 g/mol. The number of rotatable bonds is 4. The van der Waals surface area contributed by atoms with Crippen molar-refractivity contribution >= 4 is 11.6 Å². The Bertz CT molecular complexity index is 690. The van der Waals surface area contributed by atoms with E-state index in [1.54, 1.807) is 25.1 Å². The molecule has 1 unspecified atom stereocenters. The maximum Gasteiger partial charge on any atom is 0.424 e. The van der Waals surface area contributed by atoms with Crippen LogP contribution in [0.3, 0.4) is 0 Å². The molecule has 0 aliphatic rings. The molecule has 1 atom stereocenters. The van der Waals surface area contributed by atoms with Gasteiger partial charge in [-0.15, -0.1) is 0 Å². The molecule has 0 saturated heterocycles. The van der Waals surface area contributed by atoms with E-state index in [0.717, 1.165) is 11.1 Å². The molecule has 0 radical (unpaired) electrons. The number of aryl methyl sites for hydroxylation is 1. The van der Waals surface area contributed by atoms with Crippen molar-refractivity contribution in [1.82, 2.24) is 9.97 Å². The zero-order valence-electron chi connectivity index (χ0n) is 14.7. The molecule has 7 heteroatoms. The SMILES string of the molecule is CC.CCCC(O)(c1ncc(-c2ccc(Cl)cc2C)cn1)C(F)(F)F. The lowest BCUT2D eigenvalue weighted by atomic mass is 9.96. The minimum atomic E-state index is -4.83. The summed E-state index contributed by atoms with van der Waals surface area (Å²) in [5.41, 5.74) is -0.848. The Labute approximate surface area is 150 Å². The van der Waals surface area contributed by atoms with Gasteiger partial charge in [0.1, 0.15) is 0 Å². The summed E-state index contributed by atoms with van der Waals surface area (Å²) in [4.78, 5) is 7.52. The van der Waals surface area contributed by atoms with Crippen LogP contribution >= 0.6 is 11.6 Å². The van der Waals surface area contributed by atoms with Crippen molar-refractivity contribution in [3.8, 4) is 11.1 Å². The minimum absolute atomic E-state index is 0.150. The molecule has 2 aromatic rings. The Balaban J connectivity index is 0.00000151. The van der Waals surface area contributed by atoms with E-state index in [-0.39, 0.29) is 6.42 Å². The maximum absolute atomic E-state index is 13.2. The van der Waals surface area contributed by atoms with Crippen LogP contribution in [0.2, 0.25) is 5.02 Å². The number of nitrogens with zero attached hydrogens (tertiary/aromatic N) is 2. The van der Waals surface area contributed by atoms with Crippen molar-refractivity contribution in [2.24, 2.45) is 0 Å². The summed E-state index contributed by atoms with van der Waals surface area (Å²) >= 11 is 5.89. The van der Waals surface area contributed by atoms with Crippen molar-refractivity contribution in [2.75, 3.05) is 0 Å². The first-order chi connectivity index (χ1) is 11.7. The van der Waals surface area contributed by atoms with Crippen LogP contribution in [0.5, 0.6) is 0 Å². The molecule has 0 aliphatic carbocycles. The summed E-state index contributed by atoms with van der Waals surface area (Å²) in [5, 5.41) is 10.6. The third-order valence-electron chi connectivity index (χ3n) is 3.60. The van der Waals surface area contributed by atoms with Crippen LogP contribution in [0.25, 0.3) is 11.1 Å². The molecule has 1 aromatic heterocycles. The molecule has 1 N–H and O–H groups in total. The molecule has 2 rings (SSSR count). The Morgan fingerprint density at radius 1 is 1.12 bits per heavy atom. The van der Waals surface area contributed by atoms with Gasteiger partial charge in [0.05, 0.1) is 0 Å². The van der Waals surface area contributed by atoms with Crippen molar-refractivity contribution in [3.05, 3.63) is 47.0 Å². The lowest BCUT2D eigenvalue weighted by Gasteiger charge is -2.28. The molecule has 0 aliphatic heterocycles. The number of aromatic nitrogens is 2. The van der Waals surface area contributed by atoms with Crippen molar-refractivity contribution < 1.29 is 18.3 Å². The summed E-state index contributed by atoms with van der Waals surface area (Å²) < 4.78 is 39.5. The van der Waals surface area contributed by atoms with Crippen molar-refractivity contribution in [1.29, 1.82) is 0 Å². The molecule has 3 nitrogen and oxygen atoms in total. The quantitative estimate of drug-likeness (QED) is 0.748. The van der Waals surface area contributed by atoms with Crippen LogP contribution in [0.4, 0.5) is 13.2 Å². The van der Waals surface area contributed by atoms with Crippen molar-refractivity contribution in [3.63, 3.8) is 0 Å². The molecular formula is C18H22ClF3N2O. The topological polar surface area (TPSA) is 46.0 Å². The van der Waals surface area contributed by atoms with E-state index in [0.29, 0.717) is 10.6 Å². The predicted octanol–water partition coefficient (Wildman–Crippen LogP) is 5.68. The fourth-order valence-corrected chi connectivity index (χ4v) is 2.60. The van der Waals surface area contributed by atoms with Gasteiger partial charge in [0.2, 0.25) is 5.60 Å². The van der Waals surface area contributed by atoms with E-state index in [1.165, 1.54) is 12.4 Å². The fraction of sp³-hybridized carbons (Fsp3) is 0.444. The van der Waals surface area contributed by atoms with Gasteiger partial charge in [0, 0.05) is 23.0 Å². The number of benzene rings is 1. The number of halogens is 4. The Morgan fingerprint density at radius 2 is 1.68 bits per heavy atom. The van der Waals surface area contributed by atoms with E-state index in [2.05, 4.69) is 9.97 Å². The molecule has 1 heterocycles. The number of alkyl halides is 3. The smallest absolute Gasteiger partial charge is 0.374 e. The van der Waals surface area contributed by atoms with Gasteiger partial charge >= 0.3 is 6.18 Å². The van der Waals surface area contributed by atoms with Gasteiger partial charge in [-0.2, -0.15) is 13.2 Å². The largest absolute Gasteiger partial charge is 0.424 e. The molecule has 0 bridgehead atoms. The lowest BCUT2D eigenvalue weighted by molar-refractivity contribution is -0.272. The summed E-state index contributed by atoms with van der Waals surface area (Å²) in [6.45, 7) is 7.39.